The zero-order valence-corrected chi connectivity index (χ0v) is 22.2. The first-order valence-electron chi connectivity index (χ1n) is 14.0. The highest BCUT2D eigenvalue weighted by Crippen LogP contribution is 2.41. The average molecular weight is 529 g/mol. The van der Waals surface area contributed by atoms with Crippen molar-refractivity contribution in [2.75, 3.05) is 0 Å². The minimum Gasteiger partial charge on any atom is -0.456 e. The molecule has 0 atom stereocenters. The lowest BCUT2D eigenvalue weighted by atomic mass is 9.90. The van der Waals surface area contributed by atoms with Crippen LogP contribution in [-0.2, 0) is 18.0 Å². The lowest BCUT2D eigenvalue weighted by Crippen LogP contribution is -1.91. The van der Waals surface area contributed by atoms with Crippen LogP contribution in [0.4, 0.5) is 0 Å². The molecule has 0 unspecified atom stereocenters. The van der Waals surface area contributed by atoms with Crippen molar-refractivity contribution in [1.82, 2.24) is 0 Å². The molecule has 0 saturated carbocycles. The summed E-state index contributed by atoms with van der Waals surface area (Å²) >= 11 is 0. The molecular weight excluding hydrogens is 504 g/mol. The van der Waals surface area contributed by atoms with Gasteiger partial charge in [-0.2, -0.15) is 0 Å². The van der Waals surface area contributed by atoms with E-state index in [2.05, 4.69) is 91.0 Å². The molecule has 0 bridgehead atoms. The quantitative estimate of drug-likeness (QED) is 0.224. The van der Waals surface area contributed by atoms with Crippen LogP contribution in [0.15, 0.2) is 130 Å². The molecule has 1 aliphatic heterocycles. The summed E-state index contributed by atoms with van der Waals surface area (Å²) in [7, 11) is 0. The number of para-hydroxylation sites is 2. The SMILES string of the molecule is c1ccc2c(c1)oc1ccc(-c3ccc4c(c3)-c3ccc(-c5cccc6oc7ccccc7c56)cc3COC4)cc12. The highest BCUT2D eigenvalue weighted by Gasteiger charge is 2.19. The molecule has 2 aromatic heterocycles. The number of rotatable bonds is 2. The van der Waals surface area contributed by atoms with Crippen molar-refractivity contribution >= 4 is 43.9 Å². The lowest BCUT2D eigenvalue weighted by Gasteiger charge is -2.13. The second-order valence-corrected chi connectivity index (χ2v) is 10.8. The highest BCUT2D eigenvalue weighted by molar-refractivity contribution is 6.12. The molecule has 0 spiro atoms. The van der Waals surface area contributed by atoms with E-state index >= 15 is 0 Å². The van der Waals surface area contributed by atoms with Crippen molar-refractivity contribution in [3.8, 4) is 33.4 Å². The zero-order valence-electron chi connectivity index (χ0n) is 22.2. The Bertz CT molecular complexity index is 2300. The van der Waals surface area contributed by atoms with Gasteiger partial charge in [-0.05, 0) is 87.0 Å². The standard InChI is InChI=1S/C38H24O3/c1-3-9-34-30(6-1)33-20-24(15-17-36(33)40-34)23-12-13-26-21-39-22-27-18-25(14-16-28(27)32(26)19-23)29-8-5-11-37-38(29)31-7-2-4-10-35(31)41-37/h1-20H,21-22H2. The molecule has 0 fully saturated rings. The first kappa shape index (κ1) is 22.7. The number of hydrogen-bond donors (Lipinski definition) is 0. The van der Waals surface area contributed by atoms with Crippen molar-refractivity contribution in [2.24, 2.45) is 0 Å². The summed E-state index contributed by atoms with van der Waals surface area (Å²) in [5.41, 5.74) is 13.2. The third kappa shape index (κ3) is 3.49. The van der Waals surface area contributed by atoms with E-state index in [-0.39, 0.29) is 0 Å². The Labute approximate surface area is 236 Å². The fourth-order valence-electron chi connectivity index (χ4n) is 6.47. The topological polar surface area (TPSA) is 35.5 Å². The normalized spacial score (nSPS) is 13.1. The van der Waals surface area contributed by atoms with Crippen LogP contribution in [0, 0.1) is 0 Å². The zero-order chi connectivity index (χ0) is 26.9. The van der Waals surface area contributed by atoms with E-state index in [4.69, 9.17) is 13.6 Å². The molecule has 6 aromatic carbocycles. The molecule has 0 radical (unpaired) electrons. The van der Waals surface area contributed by atoms with Crippen molar-refractivity contribution in [3.05, 3.63) is 132 Å². The first-order chi connectivity index (χ1) is 20.3. The van der Waals surface area contributed by atoms with Gasteiger partial charge in [-0.25, -0.2) is 0 Å². The summed E-state index contributed by atoms with van der Waals surface area (Å²) in [6, 6.07) is 42.8. The molecular formula is C38H24O3. The Kier molecular flexibility index (Phi) is 4.80. The Morgan fingerprint density at radius 1 is 0.390 bits per heavy atom. The molecule has 41 heavy (non-hydrogen) atoms. The minimum atomic E-state index is 0.572. The molecule has 0 N–H and O–H groups in total. The van der Waals surface area contributed by atoms with Crippen LogP contribution in [-0.4, -0.2) is 0 Å². The van der Waals surface area contributed by atoms with Gasteiger partial charge in [0, 0.05) is 21.5 Å². The number of ether oxygens (including phenoxy) is 1. The van der Waals surface area contributed by atoms with Gasteiger partial charge in [0.25, 0.3) is 0 Å². The molecule has 0 saturated heterocycles. The fraction of sp³-hybridized carbons (Fsp3) is 0.0526. The Morgan fingerprint density at radius 2 is 1.07 bits per heavy atom. The Morgan fingerprint density at radius 3 is 2.00 bits per heavy atom. The maximum atomic E-state index is 6.19. The van der Waals surface area contributed by atoms with Gasteiger partial charge in [0.2, 0.25) is 0 Å². The van der Waals surface area contributed by atoms with Gasteiger partial charge >= 0.3 is 0 Å². The first-order valence-corrected chi connectivity index (χ1v) is 14.0. The molecule has 3 nitrogen and oxygen atoms in total. The Hall–Kier alpha value is -5.12. The Balaban J connectivity index is 1.18. The smallest absolute Gasteiger partial charge is 0.136 e. The highest BCUT2D eigenvalue weighted by atomic mass is 16.5. The third-order valence-corrected chi connectivity index (χ3v) is 8.44. The van der Waals surface area contributed by atoms with Gasteiger partial charge in [0.15, 0.2) is 0 Å². The minimum absolute atomic E-state index is 0.572. The summed E-state index contributed by atoms with van der Waals surface area (Å²) in [6.45, 7) is 1.16. The molecule has 9 rings (SSSR count). The fourth-order valence-corrected chi connectivity index (χ4v) is 6.47. The maximum Gasteiger partial charge on any atom is 0.136 e. The van der Waals surface area contributed by atoms with Crippen LogP contribution in [0.3, 0.4) is 0 Å². The molecule has 0 aliphatic carbocycles. The molecule has 3 heteroatoms. The monoisotopic (exact) mass is 528 g/mol. The van der Waals surface area contributed by atoms with E-state index in [1.54, 1.807) is 0 Å². The third-order valence-electron chi connectivity index (χ3n) is 8.44. The van der Waals surface area contributed by atoms with E-state index < -0.39 is 0 Å². The van der Waals surface area contributed by atoms with Gasteiger partial charge < -0.3 is 13.6 Å². The average Bonchev–Trinajstić information content (AvgIpc) is 3.53. The number of fused-ring (bicyclic) bond motifs is 9. The van der Waals surface area contributed by atoms with Crippen molar-refractivity contribution in [3.63, 3.8) is 0 Å². The van der Waals surface area contributed by atoms with Crippen LogP contribution in [0.5, 0.6) is 0 Å². The molecule has 194 valence electrons. The number of hydrogen-bond acceptors (Lipinski definition) is 3. The molecule has 8 aromatic rings. The van der Waals surface area contributed by atoms with E-state index in [0.717, 1.165) is 43.9 Å². The van der Waals surface area contributed by atoms with Crippen LogP contribution in [0.2, 0.25) is 0 Å². The second kappa shape index (κ2) is 8.69. The van der Waals surface area contributed by atoms with Crippen molar-refractivity contribution in [2.45, 2.75) is 13.2 Å². The van der Waals surface area contributed by atoms with E-state index in [9.17, 15) is 0 Å². The van der Waals surface area contributed by atoms with Crippen molar-refractivity contribution < 1.29 is 13.6 Å². The molecule has 0 amide bonds. The van der Waals surface area contributed by atoms with Gasteiger partial charge in [0.1, 0.15) is 22.3 Å². The number of furan rings is 2. The van der Waals surface area contributed by atoms with Gasteiger partial charge in [0.05, 0.1) is 13.2 Å². The van der Waals surface area contributed by atoms with Gasteiger partial charge in [-0.15, -0.1) is 0 Å². The summed E-state index contributed by atoms with van der Waals surface area (Å²) < 4.78 is 18.4. The number of benzene rings is 6. The van der Waals surface area contributed by atoms with Crippen LogP contribution in [0.25, 0.3) is 77.3 Å². The van der Waals surface area contributed by atoms with Crippen LogP contribution < -0.4 is 0 Å². The lowest BCUT2D eigenvalue weighted by molar-refractivity contribution is 0.110. The largest absolute Gasteiger partial charge is 0.456 e. The molecule has 1 aliphatic rings. The predicted octanol–water partition coefficient (Wildman–Crippen LogP) is 10.5. The van der Waals surface area contributed by atoms with Gasteiger partial charge in [-0.3, -0.25) is 0 Å². The summed E-state index contributed by atoms with van der Waals surface area (Å²) in [5.74, 6) is 0. The van der Waals surface area contributed by atoms with E-state index in [0.29, 0.717) is 13.2 Å². The predicted molar refractivity (Wildman–Crippen MR) is 166 cm³/mol. The van der Waals surface area contributed by atoms with E-state index in [1.807, 2.05) is 30.3 Å². The van der Waals surface area contributed by atoms with Crippen LogP contribution in [0.1, 0.15) is 11.1 Å². The molecule has 3 heterocycles. The summed E-state index contributed by atoms with van der Waals surface area (Å²) in [4.78, 5) is 0. The summed E-state index contributed by atoms with van der Waals surface area (Å²) in [5, 5.41) is 4.58. The van der Waals surface area contributed by atoms with Crippen LogP contribution >= 0.6 is 0 Å². The van der Waals surface area contributed by atoms with E-state index in [1.165, 1.54) is 44.5 Å². The second-order valence-electron chi connectivity index (χ2n) is 10.8. The van der Waals surface area contributed by atoms with Crippen molar-refractivity contribution in [1.29, 1.82) is 0 Å². The summed E-state index contributed by atoms with van der Waals surface area (Å²) in [6.07, 6.45) is 0. The van der Waals surface area contributed by atoms with Gasteiger partial charge in [-0.1, -0.05) is 78.9 Å². The maximum absolute atomic E-state index is 6.19.